The number of halogens is 1. The van der Waals surface area contributed by atoms with Crippen LogP contribution < -0.4 is 5.32 Å². The molecule has 0 saturated heterocycles. The molecule has 0 aliphatic carbocycles. The minimum atomic E-state index is 0.727. The highest BCUT2D eigenvalue weighted by Crippen LogP contribution is 2.17. The minimum absolute atomic E-state index is 0.727. The second-order valence-corrected chi connectivity index (χ2v) is 3.62. The lowest BCUT2D eigenvalue weighted by molar-refractivity contribution is 0.480. The topological polar surface area (TPSA) is 38.3 Å². The van der Waals surface area contributed by atoms with Crippen molar-refractivity contribution in [2.45, 2.75) is 13.1 Å². The maximum Gasteiger partial charge on any atom is 0.173 e. The Morgan fingerprint density at radius 3 is 2.71 bits per heavy atom. The summed E-state index contributed by atoms with van der Waals surface area (Å²) in [4.78, 5) is 0. The van der Waals surface area contributed by atoms with Crippen LogP contribution in [-0.4, -0.2) is 0 Å². The summed E-state index contributed by atoms with van der Waals surface area (Å²) < 4.78 is 11.1. The van der Waals surface area contributed by atoms with Gasteiger partial charge in [0.25, 0.3) is 0 Å². The lowest BCUT2D eigenvalue weighted by atomic mass is 10.3. The summed E-state index contributed by atoms with van der Waals surface area (Å²) in [5.41, 5.74) is 1.11. The Labute approximate surface area is 90.2 Å². The molecule has 2 aromatic rings. The highest BCUT2D eigenvalue weighted by atomic mass is 79.9. The molecular weight excluding hydrogens is 246 g/mol. The van der Waals surface area contributed by atoms with Gasteiger partial charge in [-0.25, -0.2) is 0 Å². The number of furan rings is 2. The summed E-state index contributed by atoms with van der Waals surface area (Å²) in [6.07, 6.45) is 3.33. The molecule has 0 unspecified atom stereocenters. The molecule has 0 atom stereocenters. The highest BCUT2D eigenvalue weighted by molar-refractivity contribution is 9.10. The van der Waals surface area contributed by atoms with E-state index < -0.39 is 0 Å². The first-order valence-corrected chi connectivity index (χ1v) is 5.10. The van der Waals surface area contributed by atoms with Crippen molar-refractivity contribution in [1.29, 1.82) is 0 Å². The third kappa shape index (κ3) is 2.27. The maximum atomic E-state index is 5.19. The van der Waals surface area contributed by atoms with Crippen molar-refractivity contribution in [2.75, 3.05) is 0 Å². The van der Waals surface area contributed by atoms with E-state index in [0.29, 0.717) is 0 Å². The highest BCUT2D eigenvalue weighted by Gasteiger charge is 2.02. The summed E-state index contributed by atoms with van der Waals surface area (Å²) in [5.74, 6) is 0.935. The monoisotopic (exact) mass is 255 g/mol. The molecule has 14 heavy (non-hydrogen) atoms. The van der Waals surface area contributed by atoms with Crippen LogP contribution in [-0.2, 0) is 13.1 Å². The molecule has 2 rings (SSSR count). The van der Waals surface area contributed by atoms with Gasteiger partial charge in [0.2, 0.25) is 0 Å². The first-order chi connectivity index (χ1) is 6.86. The molecule has 4 heteroatoms. The fraction of sp³-hybridized carbons (Fsp3) is 0.200. The van der Waals surface area contributed by atoms with Gasteiger partial charge in [0.15, 0.2) is 4.67 Å². The average molecular weight is 256 g/mol. The smallest absolute Gasteiger partial charge is 0.173 e. The van der Waals surface area contributed by atoms with Crippen LogP contribution in [0.5, 0.6) is 0 Å². The van der Waals surface area contributed by atoms with Crippen LogP contribution in [0.25, 0.3) is 0 Å². The molecular formula is C10H10BrNO2. The zero-order valence-electron chi connectivity index (χ0n) is 7.50. The Bertz CT molecular complexity index is 380. The van der Waals surface area contributed by atoms with Crippen LogP contribution in [0.2, 0.25) is 0 Å². The zero-order chi connectivity index (χ0) is 9.80. The van der Waals surface area contributed by atoms with Gasteiger partial charge in [0.1, 0.15) is 5.76 Å². The molecule has 2 aromatic heterocycles. The third-order valence-corrected chi connectivity index (χ3v) is 2.58. The van der Waals surface area contributed by atoms with E-state index in [4.69, 9.17) is 8.83 Å². The SMILES string of the molecule is Brc1occc1CNCc1ccco1. The Morgan fingerprint density at radius 2 is 2.07 bits per heavy atom. The van der Waals surface area contributed by atoms with Gasteiger partial charge in [-0.15, -0.1) is 0 Å². The van der Waals surface area contributed by atoms with Crippen LogP contribution in [0.1, 0.15) is 11.3 Å². The van der Waals surface area contributed by atoms with E-state index in [1.165, 1.54) is 0 Å². The maximum absolute atomic E-state index is 5.19. The molecule has 0 amide bonds. The fourth-order valence-corrected chi connectivity index (χ4v) is 1.56. The van der Waals surface area contributed by atoms with E-state index in [1.54, 1.807) is 12.5 Å². The van der Waals surface area contributed by atoms with E-state index in [-0.39, 0.29) is 0 Å². The lowest BCUT2D eigenvalue weighted by Gasteiger charge is -2.00. The molecule has 0 aromatic carbocycles. The second kappa shape index (κ2) is 4.48. The van der Waals surface area contributed by atoms with Crippen molar-refractivity contribution in [3.8, 4) is 0 Å². The molecule has 2 heterocycles. The van der Waals surface area contributed by atoms with Gasteiger partial charge in [-0.2, -0.15) is 0 Å². The zero-order valence-corrected chi connectivity index (χ0v) is 9.08. The van der Waals surface area contributed by atoms with Crippen LogP contribution in [0, 0.1) is 0 Å². The van der Waals surface area contributed by atoms with Crippen LogP contribution >= 0.6 is 15.9 Å². The molecule has 0 aliphatic rings. The van der Waals surface area contributed by atoms with Crippen LogP contribution in [0.15, 0.2) is 44.2 Å². The lowest BCUT2D eigenvalue weighted by Crippen LogP contribution is -2.11. The van der Waals surface area contributed by atoms with Gasteiger partial charge in [-0.1, -0.05) is 0 Å². The van der Waals surface area contributed by atoms with Gasteiger partial charge < -0.3 is 14.2 Å². The number of rotatable bonds is 4. The summed E-state index contributed by atoms with van der Waals surface area (Å²) in [7, 11) is 0. The van der Waals surface area contributed by atoms with Crippen molar-refractivity contribution in [3.05, 3.63) is 46.7 Å². The van der Waals surface area contributed by atoms with E-state index in [1.807, 2.05) is 18.2 Å². The standard InChI is InChI=1S/C10H10BrNO2/c11-10-8(3-5-14-10)6-12-7-9-2-1-4-13-9/h1-5,12H,6-7H2. The summed E-state index contributed by atoms with van der Waals surface area (Å²) in [6.45, 7) is 1.49. The molecule has 1 N–H and O–H groups in total. The van der Waals surface area contributed by atoms with Crippen molar-refractivity contribution in [1.82, 2.24) is 5.32 Å². The third-order valence-electron chi connectivity index (χ3n) is 1.89. The normalized spacial score (nSPS) is 10.6. The fourth-order valence-electron chi connectivity index (χ4n) is 1.18. The molecule has 0 fully saturated rings. The summed E-state index contributed by atoms with van der Waals surface area (Å²) >= 11 is 3.32. The molecule has 0 radical (unpaired) electrons. The first-order valence-electron chi connectivity index (χ1n) is 4.31. The molecule has 0 aliphatic heterocycles. The largest absolute Gasteiger partial charge is 0.468 e. The quantitative estimate of drug-likeness (QED) is 0.913. The minimum Gasteiger partial charge on any atom is -0.468 e. The van der Waals surface area contributed by atoms with Gasteiger partial charge in [0.05, 0.1) is 19.1 Å². The van der Waals surface area contributed by atoms with E-state index in [2.05, 4.69) is 21.2 Å². The summed E-state index contributed by atoms with van der Waals surface area (Å²) in [5, 5.41) is 3.25. The second-order valence-electron chi connectivity index (χ2n) is 2.90. The van der Waals surface area contributed by atoms with Gasteiger partial charge in [-0.05, 0) is 34.1 Å². The Balaban J connectivity index is 1.81. The molecule has 0 saturated carbocycles. The van der Waals surface area contributed by atoms with E-state index in [9.17, 15) is 0 Å². The van der Waals surface area contributed by atoms with Crippen molar-refractivity contribution in [3.63, 3.8) is 0 Å². The average Bonchev–Trinajstić information content (AvgIpc) is 2.78. The van der Waals surface area contributed by atoms with E-state index >= 15 is 0 Å². The Kier molecular flexibility index (Phi) is 3.06. The number of hydrogen-bond acceptors (Lipinski definition) is 3. The van der Waals surface area contributed by atoms with Gasteiger partial charge >= 0.3 is 0 Å². The molecule has 74 valence electrons. The Hall–Kier alpha value is -1.00. The van der Waals surface area contributed by atoms with E-state index in [0.717, 1.165) is 29.1 Å². The van der Waals surface area contributed by atoms with Gasteiger partial charge in [0, 0.05) is 12.1 Å². The van der Waals surface area contributed by atoms with Crippen molar-refractivity contribution >= 4 is 15.9 Å². The van der Waals surface area contributed by atoms with Crippen molar-refractivity contribution in [2.24, 2.45) is 0 Å². The first kappa shape index (κ1) is 9.55. The number of hydrogen-bond donors (Lipinski definition) is 1. The summed E-state index contributed by atoms with van der Waals surface area (Å²) in [6, 6.07) is 5.75. The molecule has 0 bridgehead atoms. The number of nitrogens with one attached hydrogen (secondary N) is 1. The van der Waals surface area contributed by atoms with Crippen molar-refractivity contribution < 1.29 is 8.83 Å². The predicted octanol–water partition coefficient (Wildman–Crippen LogP) is 2.92. The predicted molar refractivity (Wildman–Crippen MR) is 55.7 cm³/mol. The van der Waals surface area contributed by atoms with Crippen LogP contribution in [0.4, 0.5) is 0 Å². The van der Waals surface area contributed by atoms with Gasteiger partial charge in [-0.3, -0.25) is 0 Å². The van der Waals surface area contributed by atoms with Crippen LogP contribution in [0.3, 0.4) is 0 Å². The molecule has 0 spiro atoms. The Morgan fingerprint density at radius 1 is 1.14 bits per heavy atom. The molecule has 3 nitrogen and oxygen atoms in total.